The molecule has 0 aliphatic rings. The summed E-state index contributed by atoms with van der Waals surface area (Å²) in [5, 5.41) is 5.60. The van der Waals surface area contributed by atoms with Crippen LogP contribution in [-0.2, 0) is 16.9 Å². The number of hydrogen-bond acceptors (Lipinski definition) is 6. The van der Waals surface area contributed by atoms with Gasteiger partial charge >= 0.3 is 0 Å². The summed E-state index contributed by atoms with van der Waals surface area (Å²) < 4.78 is 27.2. The Balaban J connectivity index is 2.16. The Morgan fingerprint density at radius 3 is 2.52 bits per heavy atom. The summed E-state index contributed by atoms with van der Waals surface area (Å²) in [5.74, 6) is 1.01. The lowest BCUT2D eigenvalue weighted by Gasteiger charge is -2.15. The van der Waals surface area contributed by atoms with Gasteiger partial charge in [-0.05, 0) is 32.0 Å². The highest BCUT2D eigenvalue weighted by molar-refractivity contribution is 7.92. The standard InChI is InChI=1S/C17H21N5O2S/c1-11(2)25(23,24)14-8-6-5-7-12(14)19-16-15-13(9-10-22(15)4)20-17(18-3)21-16/h5-11H,1-4H3,(H2,18,19,20,21). The van der Waals surface area contributed by atoms with Crippen LogP contribution in [0.4, 0.5) is 17.5 Å². The molecule has 0 saturated heterocycles. The van der Waals surface area contributed by atoms with Gasteiger partial charge in [-0.25, -0.2) is 13.4 Å². The van der Waals surface area contributed by atoms with E-state index in [2.05, 4.69) is 20.6 Å². The molecule has 2 heterocycles. The Morgan fingerprint density at radius 2 is 1.84 bits per heavy atom. The first-order valence-corrected chi connectivity index (χ1v) is 9.50. The third-order valence-electron chi connectivity index (χ3n) is 4.01. The molecular formula is C17H21N5O2S. The van der Waals surface area contributed by atoms with Crippen molar-refractivity contribution >= 4 is 38.3 Å². The molecule has 0 aliphatic heterocycles. The molecule has 0 fully saturated rings. The smallest absolute Gasteiger partial charge is 0.225 e. The van der Waals surface area contributed by atoms with Crippen molar-refractivity contribution in [3.05, 3.63) is 36.5 Å². The molecule has 2 N–H and O–H groups in total. The molecule has 25 heavy (non-hydrogen) atoms. The molecule has 0 atom stereocenters. The summed E-state index contributed by atoms with van der Waals surface area (Å²) in [6, 6.07) is 8.76. The highest BCUT2D eigenvalue weighted by Gasteiger charge is 2.23. The highest BCUT2D eigenvalue weighted by atomic mass is 32.2. The van der Waals surface area contributed by atoms with Crippen molar-refractivity contribution < 1.29 is 8.42 Å². The molecule has 3 aromatic rings. The van der Waals surface area contributed by atoms with E-state index in [0.29, 0.717) is 17.5 Å². The van der Waals surface area contributed by atoms with Gasteiger partial charge in [0.05, 0.1) is 21.3 Å². The van der Waals surface area contributed by atoms with Crippen molar-refractivity contribution in [2.24, 2.45) is 7.05 Å². The molecule has 0 aliphatic carbocycles. The van der Waals surface area contributed by atoms with Crippen LogP contribution in [0.2, 0.25) is 0 Å². The fourth-order valence-corrected chi connectivity index (χ4v) is 3.79. The first-order valence-electron chi connectivity index (χ1n) is 7.95. The Labute approximate surface area is 147 Å². The van der Waals surface area contributed by atoms with Gasteiger partial charge in [0.1, 0.15) is 5.52 Å². The average Bonchev–Trinajstić information content (AvgIpc) is 2.96. The SMILES string of the molecule is CNc1nc(Nc2ccccc2S(=O)(=O)C(C)C)c2c(ccn2C)n1. The molecule has 7 nitrogen and oxygen atoms in total. The van der Waals surface area contributed by atoms with Crippen molar-refractivity contribution in [2.45, 2.75) is 24.0 Å². The maximum Gasteiger partial charge on any atom is 0.225 e. The molecule has 0 radical (unpaired) electrons. The topological polar surface area (TPSA) is 88.9 Å². The summed E-state index contributed by atoms with van der Waals surface area (Å²) in [5.41, 5.74) is 2.07. The molecular weight excluding hydrogens is 338 g/mol. The van der Waals surface area contributed by atoms with Gasteiger partial charge in [0, 0.05) is 20.3 Å². The van der Waals surface area contributed by atoms with Gasteiger partial charge in [-0.15, -0.1) is 0 Å². The van der Waals surface area contributed by atoms with Crippen molar-refractivity contribution in [3.63, 3.8) is 0 Å². The van der Waals surface area contributed by atoms with Gasteiger partial charge in [0.15, 0.2) is 15.7 Å². The Bertz CT molecular complexity index is 1020. The number of fused-ring (bicyclic) bond motifs is 1. The second-order valence-corrected chi connectivity index (χ2v) is 8.49. The lowest BCUT2D eigenvalue weighted by Crippen LogP contribution is -2.16. The largest absolute Gasteiger partial charge is 0.357 e. The number of nitrogens with zero attached hydrogens (tertiary/aromatic N) is 3. The van der Waals surface area contributed by atoms with Gasteiger partial charge < -0.3 is 15.2 Å². The molecule has 0 saturated carbocycles. The first-order chi connectivity index (χ1) is 11.8. The van der Waals surface area contributed by atoms with Gasteiger partial charge in [0.25, 0.3) is 0 Å². The van der Waals surface area contributed by atoms with E-state index in [0.717, 1.165) is 11.0 Å². The molecule has 3 rings (SSSR count). The number of anilines is 3. The van der Waals surface area contributed by atoms with Crippen molar-refractivity contribution in [1.82, 2.24) is 14.5 Å². The lowest BCUT2D eigenvalue weighted by atomic mass is 10.3. The third-order valence-corrected chi connectivity index (χ3v) is 6.22. The van der Waals surface area contributed by atoms with Crippen LogP contribution in [0.3, 0.4) is 0 Å². The van der Waals surface area contributed by atoms with Gasteiger partial charge in [-0.2, -0.15) is 4.98 Å². The number of aromatic nitrogens is 3. The quantitative estimate of drug-likeness (QED) is 0.728. The average molecular weight is 359 g/mol. The monoisotopic (exact) mass is 359 g/mol. The van der Waals surface area contributed by atoms with Gasteiger partial charge in [0.2, 0.25) is 5.95 Å². The van der Waals surface area contributed by atoms with Crippen LogP contribution >= 0.6 is 0 Å². The second-order valence-electron chi connectivity index (χ2n) is 6.02. The van der Waals surface area contributed by atoms with Gasteiger partial charge in [-0.3, -0.25) is 0 Å². The van der Waals surface area contributed by atoms with Crippen LogP contribution in [0, 0.1) is 0 Å². The minimum atomic E-state index is -3.42. The molecule has 0 bridgehead atoms. The lowest BCUT2D eigenvalue weighted by molar-refractivity contribution is 0.588. The van der Waals surface area contributed by atoms with Crippen molar-refractivity contribution in [1.29, 1.82) is 0 Å². The number of rotatable bonds is 5. The summed E-state index contributed by atoms with van der Waals surface area (Å²) >= 11 is 0. The summed E-state index contributed by atoms with van der Waals surface area (Å²) in [6.45, 7) is 3.34. The maximum atomic E-state index is 12.7. The molecule has 0 spiro atoms. The Hall–Kier alpha value is -2.61. The van der Waals surface area contributed by atoms with Crippen molar-refractivity contribution in [2.75, 3.05) is 17.7 Å². The molecule has 1 aromatic carbocycles. The van der Waals surface area contributed by atoms with Gasteiger partial charge in [-0.1, -0.05) is 12.1 Å². The van der Waals surface area contributed by atoms with Crippen LogP contribution in [-0.4, -0.2) is 35.3 Å². The number of nitrogens with one attached hydrogen (secondary N) is 2. The normalized spacial score (nSPS) is 11.9. The summed E-state index contributed by atoms with van der Waals surface area (Å²) in [4.78, 5) is 9.14. The predicted molar refractivity (Wildman–Crippen MR) is 100 cm³/mol. The van der Waals surface area contributed by atoms with Crippen LogP contribution in [0.1, 0.15) is 13.8 Å². The van der Waals surface area contributed by atoms with E-state index >= 15 is 0 Å². The summed E-state index contributed by atoms with van der Waals surface area (Å²) in [6.07, 6.45) is 1.89. The minimum Gasteiger partial charge on any atom is -0.357 e. The van der Waals surface area contributed by atoms with E-state index in [1.54, 1.807) is 45.2 Å². The van der Waals surface area contributed by atoms with Crippen LogP contribution in [0.15, 0.2) is 41.4 Å². The third kappa shape index (κ3) is 3.05. The molecule has 0 unspecified atom stereocenters. The minimum absolute atomic E-state index is 0.261. The number of sulfone groups is 1. The van der Waals surface area contributed by atoms with E-state index in [1.165, 1.54) is 0 Å². The zero-order valence-corrected chi connectivity index (χ0v) is 15.4. The number of para-hydroxylation sites is 1. The fourth-order valence-electron chi connectivity index (χ4n) is 2.59. The van der Waals surface area contributed by atoms with E-state index in [9.17, 15) is 8.42 Å². The number of hydrogen-bond donors (Lipinski definition) is 2. The molecule has 132 valence electrons. The molecule has 2 aromatic heterocycles. The highest BCUT2D eigenvalue weighted by Crippen LogP contribution is 2.30. The van der Waals surface area contributed by atoms with Crippen LogP contribution in [0.5, 0.6) is 0 Å². The molecule has 8 heteroatoms. The van der Waals surface area contributed by atoms with Crippen molar-refractivity contribution in [3.8, 4) is 0 Å². The number of benzene rings is 1. The predicted octanol–water partition coefficient (Wildman–Crippen LogP) is 2.94. The fraction of sp³-hybridized carbons (Fsp3) is 0.294. The maximum absolute atomic E-state index is 12.7. The van der Waals surface area contributed by atoms with Crippen LogP contribution < -0.4 is 10.6 Å². The van der Waals surface area contributed by atoms with E-state index in [4.69, 9.17) is 0 Å². The molecule has 0 amide bonds. The van der Waals surface area contributed by atoms with Crippen LogP contribution in [0.25, 0.3) is 11.0 Å². The Kier molecular flexibility index (Phi) is 4.38. The Morgan fingerprint density at radius 1 is 1.12 bits per heavy atom. The zero-order valence-electron chi connectivity index (χ0n) is 14.6. The zero-order chi connectivity index (χ0) is 18.2. The summed E-state index contributed by atoms with van der Waals surface area (Å²) in [7, 11) is 0.215. The van der Waals surface area contributed by atoms with E-state index < -0.39 is 15.1 Å². The second kappa shape index (κ2) is 6.36. The van der Waals surface area contributed by atoms with E-state index in [-0.39, 0.29) is 4.90 Å². The number of aryl methyl sites for hydroxylation is 1. The van der Waals surface area contributed by atoms with E-state index in [1.807, 2.05) is 23.9 Å². The first kappa shape index (κ1) is 17.2.